The van der Waals surface area contributed by atoms with E-state index in [1.54, 1.807) is 0 Å². The van der Waals surface area contributed by atoms with E-state index in [9.17, 15) is 4.79 Å². The summed E-state index contributed by atoms with van der Waals surface area (Å²) in [5.74, 6) is 1.45. The standard InChI is InChI=1S/C26H35NO3/c1-18-11-13-20(14-12-18)29-21-10-8-9-19(15-21)24(28)27-16-22(25(2,3)4)30-23(17-27)26(5,6)7/h8-15,22-23H,16-17H2,1-7H3. The van der Waals surface area contributed by atoms with Crippen LogP contribution in [0.2, 0.25) is 0 Å². The number of aryl methyl sites for hydroxylation is 1. The number of nitrogens with zero attached hydrogens (tertiary/aromatic N) is 1. The summed E-state index contributed by atoms with van der Waals surface area (Å²) in [7, 11) is 0. The van der Waals surface area contributed by atoms with Crippen molar-refractivity contribution in [2.24, 2.45) is 10.8 Å². The number of amides is 1. The van der Waals surface area contributed by atoms with Crippen LogP contribution < -0.4 is 4.74 Å². The molecule has 2 aromatic carbocycles. The monoisotopic (exact) mass is 409 g/mol. The third-order valence-corrected chi connectivity index (χ3v) is 5.66. The molecule has 4 heteroatoms. The Balaban J connectivity index is 1.81. The van der Waals surface area contributed by atoms with Crippen molar-refractivity contribution >= 4 is 5.91 Å². The fourth-order valence-corrected chi connectivity index (χ4v) is 3.50. The van der Waals surface area contributed by atoms with Gasteiger partial charge in [0.2, 0.25) is 0 Å². The molecule has 0 spiro atoms. The molecule has 1 saturated heterocycles. The highest BCUT2D eigenvalue weighted by Crippen LogP contribution is 2.34. The van der Waals surface area contributed by atoms with Gasteiger partial charge in [0.25, 0.3) is 5.91 Å². The molecular formula is C26H35NO3. The van der Waals surface area contributed by atoms with Crippen molar-refractivity contribution in [2.45, 2.75) is 60.7 Å². The third-order valence-electron chi connectivity index (χ3n) is 5.66. The van der Waals surface area contributed by atoms with E-state index in [1.807, 2.05) is 60.4 Å². The molecule has 1 heterocycles. The van der Waals surface area contributed by atoms with Crippen molar-refractivity contribution in [3.8, 4) is 11.5 Å². The normalized spacial score (nSPS) is 20.2. The van der Waals surface area contributed by atoms with Gasteiger partial charge >= 0.3 is 0 Å². The first-order valence-electron chi connectivity index (χ1n) is 10.7. The Bertz CT molecular complexity index is 852. The maximum absolute atomic E-state index is 13.4. The van der Waals surface area contributed by atoms with Gasteiger partial charge in [-0.25, -0.2) is 0 Å². The van der Waals surface area contributed by atoms with Gasteiger partial charge in [-0.2, -0.15) is 0 Å². The topological polar surface area (TPSA) is 38.8 Å². The van der Waals surface area contributed by atoms with E-state index in [-0.39, 0.29) is 28.9 Å². The molecule has 162 valence electrons. The highest BCUT2D eigenvalue weighted by Gasteiger charge is 2.41. The summed E-state index contributed by atoms with van der Waals surface area (Å²) in [6.45, 7) is 16.2. The summed E-state index contributed by atoms with van der Waals surface area (Å²) in [5, 5.41) is 0. The molecule has 1 fully saturated rings. The number of morpholine rings is 1. The molecule has 1 aliphatic heterocycles. The molecule has 0 aromatic heterocycles. The first-order valence-corrected chi connectivity index (χ1v) is 10.7. The van der Waals surface area contributed by atoms with Gasteiger partial charge in [-0.05, 0) is 48.1 Å². The molecule has 4 nitrogen and oxygen atoms in total. The van der Waals surface area contributed by atoms with Gasteiger partial charge < -0.3 is 14.4 Å². The Morgan fingerprint density at radius 1 is 0.900 bits per heavy atom. The highest BCUT2D eigenvalue weighted by molar-refractivity contribution is 5.94. The zero-order valence-electron chi connectivity index (χ0n) is 19.4. The van der Waals surface area contributed by atoms with E-state index in [4.69, 9.17) is 9.47 Å². The van der Waals surface area contributed by atoms with Crippen molar-refractivity contribution in [3.05, 3.63) is 59.7 Å². The van der Waals surface area contributed by atoms with Gasteiger partial charge in [-0.15, -0.1) is 0 Å². The Labute approximate surface area is 181 Å². The van der Waals surface area contributed by atoms with Crippen LogP contribution in [0.4, 0.5) is 0 Å². The molecule has 0 N–H and O–H groups in total. The van der Waals surface area contributed by atoms with E-state index < -0.39 is 0 Å². The van der Waals surface area contributed by atoms with Gasteiger partial charge in [0.05, 0.1) is 12.2 Å². The molecule has 3 rings (SSSR count). The van der Waals surface area contributed by atoms with E-state index in [0.29, 0.717) is 24.4 Å². The van der Waals surface area contributed by atoms with E-state index in [2.05, 4.69) is 41.5 Å². The molecular weight excluding hydrogens is 374 g/mol. The average Bonchev–Trinajstić information content (AvgIpc) is 2.68. The van der Waals surface area contributed by atoms with Gasteiger partial charge in [-0.1, -0.05) is 65.3 Å². The summed E-state index contributed by atoms with van der Waals surface area (Å²) >= 11 is 0. The smallest absolute Gasteiger partial charge is 0.254 e. The van der Waals surface area contributed by atoms with Gasteiger partial charge in [0.1, 0.15) is 11.5 Å². The third kappa shape index (κ3) is 5.42. The molecule has 2 atom stereocenters. The van der Waals surface area contributed by atoms with E-state index in [0.717, 1.165) is 5.75 Å². The molecule has 0 bridgehead atoms. The largest absolute Gasteiger partial charge is 0.457 e. The number of benzene rings is 2. The van der Waals surface area contributed by atoms with Crippen LogP contribution in [0.5, 0.6) is 11.5 Å². The molecule has 1 aliphatic rings. The maximum Gasteiger partial charge on any atom is 0.254 e. The number of rotatable bonds is 3. The second-order valence-corrected chi connectivity index (χ2v) is 10.5. The summed E-state index contributed by atoms with van der Waals surface area (Å²) in [6.07, 6.45) is -0.0159. The zero-order chi connectivity index (χ0) is 22.1. The predicted octanol–water partition coefficient (Wildman–Crippen LogP) is 6.09. The highest BCUT2D eigenvalue weighted by atomic mass is 16.5. The second kappa shape index (κ2) is 8.43. The number of carbonyl (C=O) groups is 1. The number of hydrogen-bond acceptors (Lipinski definition) is 3. The Kier molecular flexibility index (Phi) is 6.28. The predicted molar refractivity (Wildman–Crippen MR) is 121 cm³/mol. The summed E-state index contributed by atoms with van der Waals surface area (Å²) in [5.41, 5.74) is 1.74. The lowest BCUT2D eigenvalue weighted by Crippen LogP contribution is -2.57. The minimum atomic E-state index is -0.0428. The first kappa shape index (κ1) is 22.4. The summed E-state index contributed by atoms with van der Waals surface area (Å²) < 4.78 is 12.4. The van der Waals surface area contributed by atoms with Crippen LogP contribution in [0.1, 0.15) is 57.5 Å². The Hall–Kier alpha value is -2.33. The van der Waals surface area contributed by atoms with Crippen LogP contribution in [-0.2, 0) is 4.74 Å². The molecule has 0 saturated carbocycles. The van der Waals surface area contributed by atoms with Gasteiger partial charge in [-0.3, -0.25) is 4.79 Å². The molecule has 0 radical (unpaired) electrons. The van der Waals surface area contributed by atoms with E-state index >= 15 is 0 Å². The first-order chi connectivity index (χ1) is 13.9. The van der Waals surface area contributed by atoms with Crippen LogP contribution in [0.3, 0.4) is 0 Å². The fourth-order valence-electron chi connectivity index (χ4n) is 3.50. The maximum atomic E-state index is 13.4. The van der Waals surface area contributed by atoms with Crippen LogP contribution in [0, 0.1) is 17.8 Å². The molecule has 2 unspecified atom stereocenters. The van der Waals surface area contributed by atoms with Crippen LogP contribution >= 0.6 is 0 Å². The number of hydrogen-bond donors (Lipinski definition) is 0. The molecule has 1 amide bonds. The van der Waals surface area contributed by atoms with Crippen LogP contribution in [0.25, 0.3) is 0 Å². The zero-order valence-corrected chi connectivity index (χ0v) is 19.4. The number of ether oxygens (including phenoxy) is 2. The quantitative estimate of drug-likeness (QED) is 0.616. The molecule has 2 aromatic rings. The van der Waals surface area contributed by atoms with Gasteiger partial charge in [0.15, 0.2) is 0 Å². The Morgan fingerprint density at radius 2 is 1.47 bits per heavy atom. The van der Waals surface area contributed by atoms with Crippen LogP contribution in [0.15, 0.2) is 48.5 Å². The summed E-state index contributed by atoms with van der Waals surface area (Å²) in [4.78, 5) is 15.4. The van der Waals surface area contributed by atoms with Crippen molar-refractivity contribution < 1.29 is 14.3 Å². The van der Waals surface area contributed by atoms with Crippen molar-refractivity contribution in [1.29, 1.82) is 0 Å². The molecule has 0 aliphatic carbocycles. The molecule has 30 heavy (non-hydrogen) atoms. The van der Waals surface area contributed by atoms with Crippen molar-refractivity contribution in [1.82, 2.24) is 4.90 Å². The van der Waals surface area contributed by atoms with Crippen molar-refractivity contribution in [2.75, 3.05) is 13.1 Å². The minimum Gasteiger partial charge on any atom is -0.457 e. The van der Waals surface area contributed by atoms with Gasteiger partial charge in [0, 0.05) is 18.7 Å². The van der Waals surface area contributed by atoms with E-state index in [1.165, 1.54) is 5.56 Å². The van der Waals surface area contributed by atoms with Crippen molar-refractivity contribution in [3.63, 3.8) is 0 Å². The second-order valence-electron chi connectivity index (χ2n) is 10.5. The fraction of sp³-hybridized carbons (Fsp3) is 0.500. The SMILES string of the molecule is Cc1ccc(Oc2cccc(C(=O)N3CC(C(C)(C)C)OC(C(C)(C)C)C3)c2)cc1. The van der Waals surface area contributed by atoms with Crippen LogP contribution in [-0.4, -0.2) is 36.1 Å². The summed E-state index contributed by atoms with van der Waals surface area (Å²) in [6, 6.07) is 15.3. The lowest BCUT2D eigenvalue weighted by molar-refractivity contribution is -0.150. The lowest BCUT2D eigenvalue weighted by atomic mass is 9.83. The Morgan fingerprint density at radius 3 is 2.00 bits per heavy atom. The number of carbonyl (C=O) groups excluding carboxylic acids is 1. The average molecular weight is 410 g/mol. The minimum absolute atomic E-state index is 0.00795. The lowest BCUT2D eigenvalue weighted by Gasteiger charge is -2.47.